The molecule has 0 bridgehead atoms. The highest BCUT2D eigenvalue weighted by Crippen LogP contribution is 2.29. The Morgan fingerprint density at radius 3 is 2.59 bits per heavy atom. The van der Waals surface area contributed by atoms with Crippen molar-refractivity contribution in [3.05, 3.63) is 59.7 Å². The summed E-state index contributed by atoms with van der Waals surface area (Å²) in [6.07, 6.45) is 2.93. The number of esters is 1. The van der Waals surface area contributed by atoms with Crippen LogP contribution in [0.2, 0.25) is 0 Å². The summed E-state index contributed by atoms with van der Waals surface area (Å²) in [7, 11) is 1.52. The van der Waals surface area contributed by atoms with Gasteiger partial charge in [-0.25, -0.2) is 4.79 Å². The Balaban J connectivity index is 1.45. The Morgan fingerprint density at radius 1 is 1.04 bits per heavy atom. The summed E-state index contributed by atoms with van der Waals surface area (Å²) in [5.74, 6) is 0.0432. The molecule has 1 aliphatic rings. The van der Waals surface area contributed by atoms with E-state index in [1.165, 1.54) is 12.7 Å². The fourth-order valence-electron chi connectivity index (χ4n) is 3.20. The van der Waals surface area contributed by atoms with Gasteiger partial charge < -0.3 is 19.5 Å². The van der Waals surface area contributed by atoms with E-state index in [0.29, 0.717) is 11.5 Å². The molecule has 0 fully saturated rings. The molecule has 1 amide bonds. The first-order valence-corrected chi connectivity index (χ1v) is 8.96. The van der Waals surface area contributed by atoms with Gasteiger partial charge in [-0.05, 0) is 42.5 Å². The molecule has 0 aliphatic heterocycles. The van der Waals surface area contributed by atoms with Crippen LogP contribution >= 0.6 is 0 Å². The number of methoxy groups -OCH3 is 1. The highest BCUT2D eigenvalue weighted by Gasteiger charge is 2.21. The maximum Gasteiger partial charge on any atom is 0.344 e. The lowest BCUT2D eigenvalue weighted by molar-refractivity contribution is -0.150. The number of fused-ring (bicyclic) bond motifs is 1. The van der Waals surface area contributed by atoms with E-state index in [4.69, 9.17) is 14.2 Å². The number of carbonyl (C=O) groups excluding carboxylic acids is 2. The van der Waals surface area contributed by atoms with Crippen molar-refractivity contribution in [3.8, 4) is 11.5 Å². The van der Waals surface area contributed by atoms with Crippen LogP contribution in [0.3, 0.4) is 0 Å². The molecule has 6 nitrogen and oxygen atoms in total. The molecule has 0 saturated heterocycles. The van der Waals surface area contributed by atoms with Crippen LogP contribution in [0.15, 0.2) is 48.5 Å². The van der Waals surface area contributed by atoms with Gasteiger partial charge in [0.05, 0.1) is 13.2 Å². The summed E-state index contributed by atoms with van der Waals surface area (Å²) in [4.78, 5) is 24.0. The number of rotatable bonds is 7. The van der Waals surface area contributed by atoms with E-state index in [1.807, 2.05) is 18.2 Å². The number of aryl methyl sites for hydroxylation is 1. The third kappa shape index (κ3) is 5.00. The molecule has 0 saturated carbocycles. The minimum absolute atomic E-state index is 0.0361. The highest BCUT2D eigenvalue weighted by atomic mass is 16.6. The average molecular weight is 369 g/mol. The van der Waals surface area contributed by atoms with Crippen molar-refractivity contribution in [2.45, 2.75) is 25.3 Å². The van der Waals surface area contributed by atoms with Crippen LogP contribution in [0.1, 0.15) is 30.0 Å². The van der Waals surface area contributed by atoms with Crippen molar-refractivity contribution in [3.63, 3.8) is 0 Å². The van der Waals surface area contributed by atoms with Crippen LogP contribution < -0.4 is 14.8 Å². The molecule has 1 N–H and O–H groups in total. The summed E-state index contributed by atoms with van der Waals surface area (Å²) >= 11 is 0. The number of nitrogens with one attached hydrogen (secondary N) is 1. The van der Waals surface area contributed by atoms with Gasteiger partial charge in [-0.15, -0.1) is 0 Å². The van der Waals surface area contributed by atoms with E-state index < -0.39 is 5.97 Å². The van der Waals surface area contributed by atoms with E-state index in [1.54, 1.807) is 24.3 Å². The van der Waals surface area contributed by atoms with Crippen LogP contribution in [0.5, 0.6) is 11.5 Å². The third-order valence-electron chi connectivity index (χ3n) is 4.48. The minimum atomic E-state index is -0.611. The molecule has 6 heteroatoms. The second kappa shape index (κ2) is 9.07. The Labute approximate surface area is 158 Å². The van der Waals surface area contributed by atoms with E-state index in [2.05, 4.69) is 11.4 Å². The van der Waals surface area contributed by atoms with Crippen LogP contribution in [-0.2, 0) is 20.7 Å². The number of amides is 1. The van der Waals surface area contributed by atoms with Gasteiger partial charge in [0.2, 0.25) is 0 Å². The van der Waals surface area contributed by atoms with E-state index in [0.717, 1.165) is 24.8 Å². The van der Waals surface area contributed by atoms with Gasteiger partial charge in [-0.1, -0.05) is 36.4 Å². The maximum absolute atomic E-state index is 12.2. The molecular formula is C21H23NO5. The number of ether oxygens (including phenoxy) is 3. The predicted octanol–water partition coefficient (Wildman–Crippen LogP) is 2.81. The first-order valence-electron chi connectivity index (χ1n) is 8.96. The summed E-state index contributed by atoms with van der Waals surface area (Å²) < 4.78 is 15.5. The van der Waals surface area contributed by atoms with Gasteiger partial charge in [-0.2, -0.15) is 0 Å². The molecule has 142 valence electrons. The highest BCUT2D eigenvalue weighted by molar-refractivity contribution is 5.81. The van der Waals surface area contributed by atoms with Crippen molar-refractivity contribution in [2.24, 2.45) is 0 Å². The zero-order valence-corrected chi connectivity index (χ0v) is 15.3. The molecular weight excluding hydrogens is 346 g/mol. The molecule has 0 spiro atoms. The maximum atomic E-state index is 12.2. The zero-order valence-electron chi connectivity index (χ0n) is 15.3. The molecule has 27 heavy (non-hydrogen) atoms. The molecule has 0 unspecified atom stereocenters. The van der Waals surface area contributed by atoms with Crippen LogP contribution in [-0.4, -0.2) is 32.2 Å². The molecule has 0 aromatic heterocycles. The van der Waals surface area contributed by atoms with Crippen molar-refractivity contribution in [2.75, 3.05) is 20.3 Å². The van der Waals surface area contributed by atoms with Crippen LogP contribution in [0.25, 0.3) is 0 Å². The number of benzene rings is 2. The summed E-state index contributed by atoms with van der Waals surface area (Å²) in [5.41, 5.74) is 2.40. The largest absolute Gasteiger partial charge is 0.493 e. The Kier molecular flexibility index (Phi) is 6.30. The quantitative estimate of drug-likeness (QED) is 0.760. The van der Waals surface area contributed by atoms with Crippen LogP contribution in [0, 0.1) is 0 Å². The fourth-order valence-corrected chi connectivity index (χ4v) is 3.20. The zero-order chi connectivity index (χ0) is 19.1. The molecule has 1 atom stereocenters. The predicted molar refractivity (Wildman–Crippen MR) is 99.7 cm³/mol. The van der Waals surface area contributed by atoms with Gasteiger partial charge in [0.15, 0.2) is 24.7 Å². The second-order valence-electron chi connectivity index (χ2n) is 6.31. The lowest BCUT2D eigenvalue weighted by atomic mass is 9.88. The molecule has 2 aromatic rings. The van der Waals surface area contributed by atoms with Gasteiger partial charge in [-0.3, -0.25) is 4.79 Å². The van der Waals surface area contributed by atoms with E-state index in [-0.39, 0.29) is 25.2 Å². The fraction of sp³-hybridized carbons (Fsp3) is 0.333. The van der Waals surface area contributed by atoms with E-state index >= 15 is 0 Å². The topological polar surface area (TPSA) is 73.9 Å². The molecule has 1 aliphatic carbocycles. The van der Waals surface area contributed by atoms with E-state index in [9.17, 15) is 9.59 Å². The Bertz CT molecular complexity index is 805. The Hall–Kier alpha value is -3.02. The lowest BCUT2D eigenvalue weighted by Gasteiger charge is -2.26. The monoisotopic (exact) mass is 369 g/mol. The summed E-state index contributed by atoms with van der Waals surface area (Å²) in [6, 6.07) is 15.1. The summed E-state index contributed by atoms with van der Waals surface area (Å²) in [6.45, 7) is -0.618. The number of hydrogen-bond donors (Lipinski definition) is 1. The van der Waals surface area contributed by atoms with Crippen LogP contribution in [0.4, 0.5) is 0 Å². The second-order valence-corrected chi connectivity index (χ2v) is 6.31. The number of para-hydroxylation sites is 2. The average Bonchev–Trinajstić information content (AvgIpc) is 2.71. The first kappa shape index (κ1) is 18.8. The van der Waals surface area contributed by atoms with Crippen molar-refractivity contribution < 1.29 is 23.8 Å². The van der Waals surface area contributed by atoms with Gasteiger partial charge in [0, 0.05) is 0 Å². The van der Waals surface area contributed by atoms with Crippen molar-refractivity contribution >= 4 is 11.9 Å². The van der Waals surface area contributed by atoms with Crippen molar-refractivity contribution in [1.29, 1.82) is 0 Å². The third-order valence-corrected chi connectivity index (χ3v) is 4.48. The van der Waals surface area contributed by atoms with Crippen molar-refractivity contribution in [1.82, 2.24) is 5.32 Å². The normalized spacial score (nSPS) is 15.4. The Morgan fingerprint density at radius 2 is 1.78 bits per heavy atom. The number of hydrogen-bond acceptors (Lipinski definition) is 5. The first-order chi connectivity index (χ1) is 13.2. The van der Waals surface area contributed by atoms with Gasteiger partial charge in [0.25, 0.3) is 5.91 Å². The van der Waals surface area contributed by atoms with Gasteiger partial charge in [0.1, 0.15) is 0 Å². The van der Waals surface area contributed by atoms with Gasteiger partial charge >= 0.3 is 5.97 Å². The SMILES string of the molecule is COc1ccccc1OCC(=O)OCC(=O)N[C@H]1CCCc2ccccc21. The lowest BCUT2D eigenvalue weighted by Crippen LogP contribution is -2.34. The number of carbonyl (C=O) groups is 2. The molecule has 2 aromatic carbocycles. The minimum Gasteiger partial charge on any atom is -0.493 e. The standard InChI is InChI=1S/C21H23NO5/c1-25-18-11-4-5-12-19(18)26-14-21(24)27-13-20(23)22-17-10-6-8-15-7-2-3-9-16(15)17/h2-5,7,9,11-12,17H,6,8,10,13-14H2,1H3,(H,22,23)/t17-/m0/s1. The smallest absolute Gasteiger partial charge is 0.344 e. The molecule has 0 heterocycles. The molecule has 3 rings (SSSR count). The molecule has 0 radical (unpaired) electrons. The summed E-state index contributed by atoms with van der Waals surface area (Å²) in [5, 5.41) is 2.95.